The normalized spacial score (nSPS) is 26.0. The molecule has 1 aromatic rings. The fourth-order valence-corrected chi connectivity index (χ4v) is 3.20. The number of hydrogen-bond donors (Lipinski definition) is 2. The second-order valence-electron chi connectivity index (χ2n) is 4.19. The predicted molar refractivity (Wildman–Crippen MR) is 66.4 cm³/mol. The second-order valence-corrected chi connectivity index (χ2v) is 5.99. The van der Waals surface area contributed by atoms with Crippen molar-refractivity contribution in [3.63, 3.8) is 0 Å². The van der Waals surface area contributed by atoms with E-state index in [1.165, 1.54) is 24.1 Å². The molecule has 0 radical (unpaired) electrons. The minimum Gasteiger partial charge on any atom is -0.327 e. The lowest BCUT2D eigenvalue weighted by molar-refractivity contribution is 0.443. The molecule has 0 saturated heterocycles. The number of thiophene rings is 1. The van der Waals surface area contributed by atoms with Gasteiger partial charge in [-0.1, -0.05) is 18.0 Å². The van der Waals surface area contributed by atoms with E-state index in [4.69, 9.17) is 17.3 Å². The average molecular weight is 245 g/mol. The van der Waals surface area contributed by atoms with E-state index in [0.29, 0.717) is 12.0 Å². The Balaban J connectivity index is 1.70. The van der Waals surface area contributed by atoms with Crippen molar-refractivity contribution >= 4 is 22.9 Å². The number of halogens is 1. The molecular formula is C11H17ClN2S. The van der Waals surface area contributed by atoms with Crippen molar-refractivity contribution in [2.75, 3.05) is 6.54 Å². The van der Waals surface area contributed by atoms with Crippen molar-refractivity contribution in [1.29, 1.82) is 0 Å². The fourth-order valence-electron chi connectivity index (χ4n) is 2.15. The first kappa shape index (κ1) is 11.4. The van der Waals surface area contributed by atoms with Gasteiger partial charge in [-0.2, -0.15) is 0 Å². The predicted octanol–water partition coefficient (Wildman–Crippen LogP) is 2.62. The first-order chi connectivity index (χ1) is 7.25. The van der Waals surface area contributed by atoms with Crippen LogP contribution in [0.5, 0.6) is 0 Å². The monoisotopic (exact) mass is 244 g/mol. The van der Waals surface area contributed by atoms with E-state index in [2.05, 4.69) is 11.4 Å². The van der Waals surface area contributed by atoms with E-state index in [1.54, 1.807) is 11.3 Å². The quantitative estimate of drug-likeness (QED) is 0.855. The van der Waals surface area contributed by atoms with Crippen molar-refractivity contribution in [3.8, 4) is 0 Å². The van der Waals surface area contributed by atoms with Gasteiger partial charge in [0.05, 0.1) is 4.34 Å². The number of rotatable bonds is 4. The van der Waals surface area contributed by atoms with Crippen LogP contribution in [0.4, 0.5) is 0 Å². The van der Waals surface area contributed by atoms with E-state index in [1.807, 2.05) is 6.07 Å². The molecule has 84 valence electrons. The molecule has 1 aromatic heterocycles. The lowest BCUT2D eigenvalue weighted by atomic mass is 10.1. The second kappa shape index (κ2) is 5.30. The molecule has 2 unspecified atom stereocenters. The Morgan fingerprint density at radius 2 is 2.33 bits per heavy atom. The van der Waals surface area contributed by atoms with Crippen LogP contribution in [0.25, 0.3) is 0 Å². The van der Waals surface area contributed by atoms with Crippen LogP contribution in [0.3, 0.4) is 0 Å². The van der Waals surface area contributed by atoms with Gasteiger partial charge in [0.2, 0.25) is 0 Å². The number of hydrogen-bond acceptors (Lipinski definition) is 3. The van der Waals surface area contributed by atoms with Gasteiger partial charge in [-0.05, 0) is 37.4 Å². The van der Waals surface area contributed by atoms with Gasteiger partial charge < -0.3 is 11.1 Å². The van der Waals surface area contributed by atoms with Crippen molar-refractivity contribution in [3.05, 3.63) is 21.3 Å². The first-order valence-corrected chi connectivity index (χ1v) is 6.65. The first-order valence-electron chi connectivity index (χ1n) is 5.46. The van der Waals surface area contributed by atoms with Crippen LogP contribution in [-0.4, -0.2) is 12.6 Å². The van der Waals surface area contributed by atoms with E-state index in [-0.39, 0.29) is 0 Å². The molecule has 1 heterocycles. The van der Waals surface area contributed by atoms with Gasteiger partial charge in [-0.25, -0.2) is 0 Å². The molecule has 1 aliphatic carbocycles. The number of nitrogens with one attached hydrogen (secondary N) is 1. The van der Waals surface area contributed by atoms with Gasteiger partial charge in [-0.15, -0.1) is 11.3 Å². The Morgan fingerprint density at radius 1 is 1.47 bits per heavy atom. The highest BCUT2D eigenvalue weighted by Gasteiger charge is 2.22. The summed E-state index contributed by atoms with van der Waals surface area (Å²) in [5.74, 6) is 0.667. The molecule has 4 heteroatoms. The van der Waals surface area contributed by atoms with Crippen LogP contribution >= 0.6 is 22.9 Å². The maximum Gasteiger partial charge on any atom is 0.0931 e. The van der Waals surface area contributed by atoms with Gasteiger partial charge in [0.25, 0.3) is 0 Å². The molecule has 2 rings (SSSR count). The minimum absolute atomic E-state index is 0.407. The zero-order valence-corrected chi connectivity index (χ0v) is 10.3. The summed E-state index contributed by atoms with van der Waals surface area (Å²) in [7, 11) is 0. The van der Waals surface area contributed by atoms with Crippen LogP contribution in [0.15, 0.2) is 12.1 Å². The lowest BCUT2D eigenvalue weighted by Gasteiger charge is -2.15. The maximum absolute atomic E-state index is 6.00. The molecule has 0 amide bonds. The molecule has 1 fully saturated rings. The molecule has 0 spiro atoms. The fraction of sp³-hybridized carbons (Fsp3) is 0.636. The van der Waals surface area contributed by atoms with Crippen molar-refractivity contribution in [1.82, 2.24) is 5.32 Å². The summed E-state index contributed by atoms with van der Waals surface area (Å²) in [6, 6.07) is 4.43. The van der Waals surface area contributed by atoms with Crippen LogP contribution < -0.4 is 11.1 Å². The summed E-state index contributed by atoms with van der Waals surface area (Å²) in [5, 5.41) is 3.46. The third kappa shape index (κ3) is 3.18. The van der Waals surface area contributed by atoms with Crippen LogP contribution in [0.1, 0.15) is 24.1 Å². The van der Waals surface area contributed by atoms with Gasteiger partial charge in [0, 0.05) is 17.5 Å². The largest absolute Gasteiger partial charge is 0.327 e. The molecule has 15 heavy (non-hydrogen) atoms. The van der Waals surface area contributed by atoms with Crippen molar-refractivity contribution in [2.24, 2.45) is 11.7 Å². The van der Waals surface area contributed by atoms with Crippen molar-refractivity contribution in [2.45, 2.75) is 31.8 Å². The Labute approximate surface area is 99.8 Å². The minimum atomic E-state index is 0.407. The van der Waals surface area contributed by atoms with Gasteiger partial charge in [-0.3, -0.25) is 0 Å². The Hall–Kier alpha value is -0.0900. The zero-order chi connectivity index (χ0) is 10.7. The maximum atomic E-state index is 6.00. The SMILES string of the molecule is NC1CCCC1CNCc1ccc(Cl)s1. The van der Waals surface area contributed by atoms with Gasteiger partial charge >= 0.3 is 0 Å². The standard InChI is InChI=1S/C11H17ClN2S/c12-11-5-4-9(15-11)7-14-6-8-2-1-3-10(8)13/h4-5,8,10,14H,1-3,6-7,13H2. The Bertz CT molecular complexity index is 313. The molecule has 0 aromatic carbocycles. The van der Waals surface area contributed by atoms with E-state index < -0.39 is 0 Å². The molecule has 3 N–H and O–H groups in total. The highest BCUT2D eigenvalue weighted by molar-refractivity contribution is 7.16. The molecule has 1 saturated carbocycles. The van der Waals surface area contributed by atoms with Crippen molar-refractivity contribution < 1.29 is 0 Å². The highest BCUT2D eigenvalue weighted by atomic mass is 35.5. The van der Waals surface area contributed by atoms with Gasteiger partial charge in [0.1, 0.15) is 0 Å². The highest BCUT2D eigenvalue weighted by Crippen LogP contribution is 2.24. The average Bonchev–Trinajstić information content (AvgIpc) is 2.77. The van der Waals surface area contributed by atoms with Crippen LogP contribution in [0.2, 0.25) is 4.34 Å². The zero-order valence-electron chi connectivity index (χ0n) is 8.71. The molecular weight excluding hydrogens is 228 g/mol. The Kier molecular flexibility index (Phi) is 4.03. The number of nitrogens with two attached hydrogens (primary N) is 1. The van der Waals surface area contributed by atoms with E-state index >= 15 is 0 Å². The summed E-state index contributed by atoms with van der Waals surface area (Å²) < 4.78 is 0.865. The van der Waals surface area contributed by atoms with Crippen LogP contribution in [0, 0.1) is 5.92 Å². The molecule has 2 atom stereocenters. The lowest BCUT2D eigenvalue weighted by Crippen LogP contribution is -2.32. The molecule has 0 aliphatic heterocycles. The molecule has 2 nitrogen and oxygen atoms in total. The summed E-state index contributed by atoms with van der Waals surface area (Å²) in [5.41, 5.74) is 6.00. The van der Waals surface area contributed by atoms with E-state index in [0.717, 1.165) is 17.4 Å². The third-order valence-corrected chi connectivity index (χ3v) is 4.28. The smallest absolute Gasteiger partial charge is 0.0931 e. The van der Waals surface area contributed by atoms with E-state index in [9.17, 15) is 0 Å². The third-order valence-electron chi connectivity index (χ3n) is 3.05. The summed E-state index contributed by atoms with van der Waals surface area (Å²) >= 11 is 7.50. The summed E-state index contributed by atoms with van der Waals surface area (Å²) in [4.78, 5) is 1.30. The molecule has 0 bridgehead atoms. The Morgan fingerprint density at radius 3 is 2.93 bits per heavy atom. The van der Waals surface area contributed by atoms with Gasteiger partial charge in [0.15, 0.2) is 0 Å². The molecule has 1 aliphatic rings. The topological polar surface area (TPSA) is 38.0 Å². The van der Waals surface area contributed by atoms with Crippen LogP contribution in [-0.2, 0) is 6.54 Å². The summed E-state index contributed by atoms with van der Waals surface area (Å²) in [6.07, 6.45) is 3.76. The summed E-state index contributed by atoms with van der Waals surface area (Å²) in [6.45, 7) is 1.96.